The van der Waals surface area contributed by atoms with E-state index in [-0.39, 0.29) is 5.69 Å². The number of carboxylic acid groups (broad SMARTS) is 1. The Morgan fingerprint density at radius 1 is 1.11 bits per heavy atom. The van der Waals surface area contributed by atoms with Crippen LogP contribution >= 0.6 is 0 Å². The second-order valence-electron chi connectivity index (χ2n) is 6.65. The van der Waals surface area contributed by atoms with Gasteiger partial charge in [0.25, 0.3) is 5.91 Å². The number of aliphatic carboxylic acids is 1. The first kappa shape index (κ1) is 19.8. The highest BCUT2D eigenvalue weighted by Crippen LogP contribution is 2.34. The summed E-state index contributed by atoms with van der Waals surface area (Å²) in [5, 5.41) is 15.2. The molecular weight excluding hydrogens is 382 g/mol. The number of carboxylic acids is 1. The van der Waals surface area contributed by atoms with Crippen LogP contribution in [0.15, 0.2) is 30.5 Å². The molecule has 1 aliphatic rings. The molecule has 1 saturated carbocycles. The molecule has 0 spiro atoms. The zero-order valence-corrected chi connectivity index (χ0v) is 14.5. The number of rotatable bonds is 4. The summed E-state index contributed by atoms with van der Waals surface area (Å²) < 4.78 is 54.4. The summed E-state index contributed by atoms with van der Waals surface area (Å²) in [4.78, 5) is 23.4. The van der Waals surface area contributed by atoms with Crippen LogP contribution in [0, 0.1) is 11.7 Å². The largest absolute Gasteiger partial charge is 0.481 e. The number of amides is 1. The molecule has 1 aromatic heterocycles. The highest BCUT2D eigenvalue weighted by Gasteiger charge is 2.41. The van der Waals surface area contributed by atoms with Gasteiger partial charge in [0.05, 0.1) is 23.4 Å². The van der Waals surface area contributed by atoms with Gasteiger partial charge >= 0.3 is 12.1 Å². The minimum absolute atomic E-state index is 0.0326. The van der Waals surface area contributed by atoms with Gasteiger partial charge in [-0.25, -0.2) is 9.07 Å². The molecule has 150 valence electrons. The van der Waals surface area contributed by atoms with Crippen molar-refractivity contribution in [1.29, 1.82) is 0 Å². The van der Waals surface area contributed by atoms with Crippen LogP contribution in [0.1, 0.15) is 41.7 Å². The quantitative estimate of drug-likeness (QED) is 0.772. The average Bonchev–Trinajstić information content (AvgIpc) is 3.08. The molecule has 1 aromatic carbocycles. The molecular formula is C18H17F4N3O3. The molecule has 0 radical (unpaired) electrons. The Morgan fingerprint density at radius 3 is 2.25 bits per heavy atom. The SMILES string of the molecule is O=C(NC1CCC(C(=O)O)CC1)c1cnn(-c2ccc(F)cc2)c1C(F)(F)F. The maximum absolute atomic E-state index is 13.6. The van der Waals surface area contributed by atoms with Gasteiger partial charge in [-0.2, -0.15) is 18.3 Å². The molecule has 1 fully saturated rings. The fourth-order valence-corrected chi connectivity index (χ4v) is 3.31. The minimum atomic E-state index is -4.86. The average molecular weight is 399 g/mol. The van der Waals surface area contributed by atoms with Crippen LogP contribution in [0.3, 0.4) is 0 Å². The van der Waals surface area contributed by atoms with Crippen LogP contribution in [0.5, 0.6) is 0 Å². The number of nitrogens with one attached hydrogen (secondary N) is 1. The van der Waals surface area contributed by atoms with Crippen molar-refractivity contribution in [3.8, 4) is 5.69 Å². The van der Waals surface area contributed by atoms with E-state index in [1.807, 2.05) is 0 Å². The Hall–Kier alpha value is -2.91. The Morgan fingerprint density at radius 2 is 1.71 bits per heavy atom. The third-order valence-corrected chi connectivity index (χ3v) is 4.77. The molecule has 0 saturated heterocycles. The summed E-state index contributed by atoms with van der Waals surface area (Å²) >= 11 is 0. The second-order valence-corrected chi connectivity index (χ2v) is 6.65. The number of carbonyl (C=O) groups is 2. The summed E-state index contributed by atoms with van der Waals surface area (Å²) in [7, 11) is 0. The van der Waals surface area contributed by atoms with Gasteiger partial charge in [-0.1, -0.05) is 0 Å². The van der Waals surface area contributed by atoms with E-state index in [1.165, 1.54) is 0 Å². The van der Waals surface area contributed by atoms with Crippen molar-refractivity contribution in [1.82, 2.24) is 15.1 Å². The zero-order chi connectivity index (χ0) is 20.5. The van der Waals surface area contributed by atoms with Crippen molar-refractivity contribution in [2.45, 2.75) is 37.9 Å². The van der Waals surface area contributed by atoms with Gasteiger partial charge in [0.1, 0.15) is 5.82 Å². The summed E-state index contributed by atoms with van der Waals surface area (Å²) in [6, 6.07) is 3.85. The number of aromatic nitrogens is 2. The van der Waals surface area contributed by atoms with Crippen molar-refractivity contribution < 1.29 is 32.3 Å². The lowest BCUT2D eigenvalue weighted by Gasteiger charge is -2.26. The fourth-order valence-electron chi connectivity index (χ4n) is 3.31. The van der Waals surface area contributed by atoms with E-state index >= 15 is 0 Å². The number of alkyl halides is 3. The van der Waals surface area contributed by atoms with Crippen molar-refractivity contribution in [2.75, 3.05) is 0 Å². The lowest BCUT2D eigenvalue weighted by atomic mass is 9.86. The molecule has 2 aromatic rings. The van der Waals surface area contributed by atoms with E-state index in [2.05, 4.69) is 10.4 Å². The smallest absolute Gasteiger partial charge is 0.434 e. The highest BCUT2D eigenvalue weighted by atomic mass is 19.4. The Kier molecular flexibility index (Phi) is 5.39. The predicted octanol–water partition coefficient (Wildman–Crippen LogP) is 3.40. The van der Waals surface area contributed by atoms with Gasteiger partial charge in [0.15, 0.2) is 5.69 Å². The number of carbonyl (C=O) groups excluding carboxylic acids is 1. The monoisotopic (exact) mass is 399 g/mol. The Balaban J connectivity index is 1.83. The van der Waals surface area contributed by atoms with E-state index in [1.54, 1.807) is 0 Å². The minimum Gasteiger partial charge on any atom is -0.481 e. The maximum atomic E-state index is 13.6. The van der Waals surface area contributed by atoms with E-state index < -0.39 is 47.1 Å². The van der Waals surface area contributed by atoms with Crippen LogP contribution < -0.4 is 5.32 Å². The van der Waals surface area contributed by atoms with E-state index in [4.69, 9.17) is 5.11 Å². The first-order valence-electron chi connectivity index (χ1n) is 8.61. The normalized spacial score (nSPS) is 20.0. The number of hydrogen-bond acceptors (Lipinski definition) is 3. The molecule has 10 heteroatoms. The van der Waals surface area contributed by atoms with Crippen LogP contribution in [-0.2, 0) is 11.0 Å². The van der Waals surface area contributed by atoms with Gasteiger partial charge in [0, 0.05) is 6.04 Å². The molecule has 28 heavy (non-hydrogen) atoms. The van der Waals surface area contributed by atoms with Crippen molar-refractivity contribution in [3.05, 3.63) is 47.5 Å². The number of halogens is 4. The lowest BCUT2D eigenvalue weighted by Crippen LogP contribution is -2.39. The summed E-state index contributed by atoms with van der Waals surface area (Å²) in [6.45, 7) is 0. The first-order chi connectivity index (χ1) is 13.2. The topological polar surface area (TPSA) is 84.2 Å². The van der Waals surface area contributed by atoms with Gasteiger partial charge in [-0.3, -0.25) is 9.59 Å². The highest BCUT2D eigenvalue weighted by molar-refractivity contribution is 5.95. The van der Waals surface area contributed by atoms with Gasteiger partial charge in [-0.05, 0) is 49.9 Å². The predicted molar refractivity (Wildman–Crippen MR) is 89.4 cm³/mol. The third kappa shape index (κ3) is 4.15. The zero-order valence-electron chi connectivity index (χ0n) is 14.5. The summed E-state index contributed by atoms with van der Waals surface area (Å²) in [5.41, 5.74) is -1.93. The maximum Gasteiger partial charge on any atom is 0.434 e. The van der Waals surface area contributed by atoms with Crippen molar-refractivity contribution >= 4 is 11.9 Å². The van der Waals surface area contributed by atoms with Crippen LogP contribution in [0.25, 0.3) is 5.69 Å². The van der Waals surface area contributed by atoms with Crippen LogP contribution in [0.4, 0.5) is 17.6 Å². The van der Waals surface area contributed by atoms with Gasteiger partial charge in [-0.15, -0.1) is 0 Å². The van der Waals surface area contributed by atoms with Gasteiger partial charge < -0.3 is 10.4 Å². The standard InChI is InChI=1S/C18H17F4N3O3/c19-11-3-7-13(8-4-11)25-15(18(20,21)22)14(9-23-25)16(26)24-12-5-1-10(2-6-12)17(27)28/h3-4,7-10,12H,1-2,5-6H2,(H,24,26)(H,27,28). The first-order valence-corrected chi connectivity index (χ1v) is 8.61. The fraction of sp³-hybridized carbons (Fsp3) is 0.389. The third-order valence-electron chi connectivity index (χ3n) is 4.77. The van der Waals surface area contributed by atoms with Gasteiger partial charge in [0.2, 0.25) is 0 Å². The van der Waals surface area contributed by atoms with Crippen LogP contribution in [-0.4, -0.2) is 32.8 Å². The summed E-state index contributed by atoms with van der Waals surface area (Å²) in [5.74, 6) is -2.95. The molecule has 1 amide bonds. The molecule has 0 bridgehead atoms. The Labute approximate surface area is 157 Å². The lowest BCUT2D eigenvalue weighted by molar-refractivity contribution is -0.144. The molecule has 1 heterocycles. The molecule has 3 rings (SSSR count). The number of hydrogen-bond donors (Lipinski definition) is 2. The van der Waals surface area contributed by atoms with Crippen molar-refractivity contribution in [2.24, 2.45) is 5.92 Å². The summed E-state index contributed by atoms with van der Waals surface area (Å²) in [6.07, 6.45) is -2.60. The van der Waals surface area contributed by atoms with E-state index in [0.29, 0.717) is 30.4 Å². The molecule has 0 atom stereocenters. The molecule has 6 nitrogen and oxygen atoms in total. The second kappa shape index (κ2) is 7.61. The van der Waals surface area contributed by atoms with E-state index in [0.717, 1.165) is 30.5 Å². The molecule has 2 N–H and O–H groups in total. The molecule has 1 aliphatic carbocycles. The van der Waals surface area contributed by atoms with Crippen molar-refractivity contribution in [3.63, 3.8) is 0 Å². The number of benzene rings is 1. The Bertz CT molecular complexity index is 869. The van der Waals surface area contributed by atoms with E-state index in [9.17, 15) is 27.2 Å². The molecule has 0 unspecified atom stereocenters. The number of nitrogens with zero attached hydrogens (tertiary/aromatic N) is 2. The van der Waals surface area contributed by atoms with Crippen LogP contribution in [0.2, 0.25) is 0 Å². The molecule has 0 aliphatic heterocycles.